The Kier molecular flexibility index (Phi) is 4.29. The van der Waals surface area contributed by atoms with Crippen molar-refractivity contribution in [1.29, 1.82) is 0 Å². The lowest BCUT2D eigenvalue weighted by atomic mass is 10.2. The van der Waals surface area contributed by atoms with Gasteiger partial charge in [-0.05, 0) is 6.42 Å². The summed E-state index contributed by atoms with van der Waals surface area (Å²) in [5.41, 5.74) is 1.14. The number of aliphatic hydroxyl groups excluding tert-OH is 1. The lowest BCUT2D eigenvalue weighted by molar-refractivity contribution is 0.249. The molecule has 70 valence electrons. The van der Waals surface area contributed by atoms with E-state index in [2.05, 4.69) is 16.8 Å². The second-order valence-corrected chi connectivity index (χ2v) is 3.25. The van der Waals surface area contributed by atoms with Gasteiger partial charge in [0, 0.05) is 39.3 Å². The molecule has 0 atom stereocenters. The third-order valence-electron chi connectivity index (χ3n) is 2.12. The van der Waals surface area contributed by atoms with Crippen molar-refractivity contribution in [2.75, 3.05) is 39.3 Å². The van der Waals surface area contributed by atoms with E-state index in [0.717, 1.165) is 44.7 Å². The lowest BCUT2D eigenvalue weighted by Gasteiger charge is -2.27. The minimum absolute atomic E-state index is 0.227. The second-order valence-electron chi connectivity index (χ2n) is 3.25. The Morgan fingerprint density at radius 3 is 2.67 bits per heavy atom. The summed E-state index contributed by atoms with van der Waals surface area (Å²) in [7, 11) is 0. The Bertz CT molecular complexity index is 141. The number of piperazine rings is 1. The predicted molar refractivity (Wildman–Crippen MR) is 50.2 cm³/mol. The van der Waals surface area contributed by atoms with E-state index in [1.54, 1.807) is 0 Å². The Morgan fingerprint density at radius 2 is 2.08 bits per heavy atom. The summed E-state index contributed by atoms with van der Waals surface area (Å²) >= 11 is 0. The van der Waals surface area contributed by atoms with Crippen LogP contribution in [0.2, 0.25) is 0 Å². The third kappa shape index (κ3) is 3.34. The Morgan fingerprint density at radius 1 is 1.42 bits per heavy atom. The monoisotopic (exact) mass is 170 g/mol. The molecule has 1 aliphatic heterocycles. The molecule has 1 saturated heterocycles. The maximum atomic E-state index is 8.67. The highest BCUT2D eigenvalue weighted by atomic mass is 16.2. The van der Waals surface area contributed by atoms with Crippen LogP contribution in [0.5, 0.6) is 0 Å². The minimum atomic E-state index is 0.227. The summed E-state index contributed by atoms with van der Waals surface area (Å²) < 4.78 is 0. The molecule has 1 rings (SSSR count). The maximum Gasteiger partial charge on any atom is 0.0468 e. The van der Waals surface area contributed by atoms with Crippen LogP contribution in [0.4, 0.5) is 0 Å². The third-order valence-corrected chi connectivity index (χ3v) is 2.12. The Labute approximate surface area is 74.1 Å². The van der Waals surface area contributed by atoms with Crippen LogP contribution in [-0.4, -0.2) is 49.3 Å². The zero-order valence-electron chi connectivity index (χ0n) is 7.55. The highest BCUT2D eigenvalue weighted by Gasteiger charge is 2.09. The van der Waals surface area contributed by atoms with Gasteiger partial charge in [-0.2, -0.15) is 0 Å². The van der Waals surface area contributed by atoms with Crippen molar-refractivity contribution in [3.05, 3.63) is 12.2 Å². The number of nitrogens with zero attached hydrogens (tertiary/aromatic N) is 1. The zero-order valence-corrected chi connectivity index (χ0v) is 7.55. The summed E-state index contributed by atoms with van der Waals surface area (Å²) in [5, 5.41) is 12.0. The molecule has 3 heteroatoms. The summed E-state index contributed by atoms with van der Waals surface area (Å²) in [6.45, 7) is 9.45. The standard InChI is InChI=1S/C9H18N2O/c1-9(2-7-12)8-11-5-3-10-4-6-11/h10,12H,1-8H2. The van der Waals surface area contributed by atoms with E-state index in [9.17, 15) is 0 Å². The number of hydrogen-bond acceptors (Lipinski definition) is 3. The SMILES string of the molecule is C=C(CCO)CN1CCNCC1. The van der Waals surface area contributed by atoms with E-state index < -0.39 is 0 Å². The van der Waals surface area contributed by atoms with Crippen molar-refractivity contribution < 1.29 is 5.11 Å². The normalized spacial score (nSPS) is 19.4. The average Bonchev–Trinajstić information content (AvgIpc) is 2.06. The first-order chi connectivity index (χ1) is 5.83. The number of rotatable bonds is 4. The molecule has 0 saturated carbocycles. The topological polar surface area (TPSA) is 35.5 Å². The molecule has 0 aromatic rings. The van der Waals surface area contributed by atoms with Gasteiger partial charge in [-0.1, -0.05) is 12.2 Å². The first kappa shape index (κ1) is 9.71. The molecule has 1 aliphatic rings. The predicted octanol–water partition coefficient (Wildman–Crippen LogP) is -0.170. The van der Waals surface area contributed by atoms with Crippen LogP contribution in [0.1, 0.15) is 6.42 Å². The fourth-order valence-corrected chi connectivity index (χ4v) is 1.42. The van der Waals surface area contributed by atoms with Gasteiger partial charge in [0.15, 0.2) is 0 Å². The van der Waals surface area contributed by atoms with Crippen LogP contribution in [0.25, 0.3) is 0 Å². The molecular formula is C9H18N2O. The average molecular weight is 170 g/mol. The quantitative estimate of drug-likeness (QED) is 0.575. The molecule has 0 aromatic heterocycles. The molecule has 0 bridgehead atoms. The highest BCUT2D eigenvalue weighted by molar-refractivity contribution is 4.97. The molecule has 3 nitrogen and oxygen atoms in total. The zero-order chi connectivity index (χ0) is 8.81. The van der Waals surface area contributed by atoms with Crippen molar-refractivity contribution >= 4 is 0 Å². The van der Waals surface area contributed by atoms with Crippen LogP contribution in [0.3, 0.4) is 0 Å². The number of hydrogen-bond donors (Lipinski definition) is 2. The summed E-state index contributed by atoms with van der Waals surface area (Å²) in [6.07, 6.45) is 0.740. The summed E-state index contributed by atoms with van der Waals surface area (Å²) in [4.78, 5) is 2.37. The molecule has 12 heavy (non-hydrogen) atoms. The first-order valence-corrected chi connectivity index (χ1v) is 4.53. The Balaban J connectivity index is 2.15. The maximum absolute atomic E-state index is 8.67. The van der Waals surface area contributed by atoms with Gasteiger partial charge < -0.3 is 10.4 Å². The van der Waals surface area contributed by atoms with E-state index in [-0.39, 0.29) is 6.61 Å². The summed E-state index contributed by atoms with van der Waals surface area (Å²) in [6, 6.07) is 0. The molecule has 2 N–H and O–H groups in total. The molecule has 0 amide bonds. The largest absolute Gasteiger partial charge is 0.396 e. The van der Waals surface area contributed by atoms with Crippen molar-refractivity contribution in [2.24, 2.45) is 0 Å². The molecule has 0 aliphatic carbocycles. The van der Waals surface area contributed by atoms with Crippen LogP contribution in [-0.2, 0) is 0 Å². The van der Waals surface area contributed by atoms with E-state index in [0.29, 0.717) is 0 Å². The molecular weight excluding hydrogens is 152 g/mol. The van der Waals surface area contributed by atoms with Gasteiger partial charge in [-0.25, -0.2) is 0 Å². The Hall–Kier alpha value is -0.380. The minimum Gasteiger partial charge on any atom is -0.396 e. The second kappa shape index (κ2) is 5.30. The van der Waals surface area contributed by atoms with Crippen LogP contribution in [0.15, 0.2) is 12.2 Å². The van der Waals surface area contributed by atoms with Gasteiger partial charge in [-0.15, -0.1) is 0 Å². The van der Waals surface area contributed by atoms with Gasteiger partial charge in [0.2, 0.25) is 0 Å². The van der Waals surface area contributed by atoms with Crippen molar-refractivity contribution in [3.63, 3.8) is 0 Å². The van der Waals surface area contributed by atoms with Crippen LogP contribution < -0.4 is 5.32 Å². The van der Waals surface area contributed by atoms with Crippen LogP contribution in [0, 0.1) is 0 Å². The van der Waals surface area contributed by atoms with E-state index in [1.807, 2.05) is 0 Å². The molecule has 0 unspecified atom stereocenters. The smallest absolute Gasteiger partial charge is 0.0468 e. The fourth-order valence-electron chi connectivity index (χ4n) is 1.42. The van der Waals surface area contributed by atoms with Gasteiger partial charge in [-0.3, -0.25) is 4.90 Å². The van der Waals surface area contributed by atoms with Crippen molar-refractivity contribution in [2.45, 2.75) is 6.42 Å². The molecule has 0 spiro atoms. The number of aliphatic hydroxyl groups is 1. The lowest BCUT2D eigenvalue weighted by Crippen LogP contribution is -2.44. The van der Waals surface area contributed by atoms with Gasteiger partial charge in [0.05, 0.1) is 0 Å². The molecule has 0 aromatic carbocycles. The van der Waals surface area contributed by atoms with Gasteiger partial charge in [0.25, 0.3) is 0 Å². The molecule has 1 heterocycles. The highest BCUT2D eigenvalue weighted by Crippen LogP contribution is 2.01. The van der Waals surface area contributed by atoms with E-state index >= 15 is 0 Å². The molecule has 0 radical (unpaired) electrons. The summed E-state index contributed by atoms with van der Waals surface area (Å²) in [5.74, 6) is 0. The van der Waals surface area contributed by atoms with Crippen molar-refractivity contribution in [3.8, 4) is 0 Å². The van der Waals surface area contributed by atoms with Gasteiger partial charge in [0.1, 0.15) is 0 Å². The first-order valence-electron chi connectivity index (χ1n) is 4.53. The fraction of sp³-hybridized carbons (Fsp3) is 0.778. The van der Waals surface area contributed by atoms with E-state index in [1.165, 1.54) is 0 Å². The van der Waals surface area contributed by atoms with Crippen LogP contribution >= 0.6 is 0 Å². The van der Waals surface area contributed by atoms with Crippen molar-refractivity contribution in [1.82, 2.24) is 10.2 Å². The number of nitrogens with one attached hydrogen (secondary N) is 1. The molecule has 1 fully saturated rings. The van der Waals surface area contributed by atoms with E-state index in [4.69, 9.17) is 5.11 Å². The van der Waals surface area contributed by atoms with Gasteiger partial charge >= 0.3 is 0 Å².